The Morgan fingerprint density at radius 3 is 2.24 bits per heavy atom. The topological polar surface area (TPSA) is 24.2 Å². The molecule has 1 aromatic carbocycles. The molecule has 3 nitrogen and oxygen atoms in total. The predicted molar refractivity (Wildman–Crippen MR) is 86.4 cm³/mol. The molecule has 0 saturated carbocycles. The third kappa shape index (κ3) is 4.02. The van der Waals surface area contributed by atoms with E-state index in [1.54, 1.807) is 12.3 Å². The second kappa shape index (κ2) is 6.84. The molecule has 0 spiro atoms. The highest BCUT2D eigenvalue weighted by Crippen LogP contribution is 2.07. The van der Waals surface area contributed by atoms with Gasteiger partial charge in [-0.15, -0.1) is 0 Å². The Bertz CT molecular complexity index is 625. The Hall–Kier alpha value is -2.42. The number of aromatic nitrogens is 1. The van der Waals surface area contributed by atoms with Crippen LogP contribution in [-0.4, -0.2) is 19.9 Å². The molecular weight excluding hydrogens is 260 g/mol. The molecule has 0 saturated heterocycles. The number of pyridine rings is 1. The van der Waals surface area contributed by atoms with Gasteiger partial charge in [0.05, 0.1) is 6.08 Å². The molecule has 3 heteroatoms. The summed E-state index contributed by atoms with van der Waals surface area (Å²) in [6, 6.07) is 11.8. The average Bonchev–Trinajstić information content (AvgIpc) is 2.53. The molecular formula is C18H21N2O+. The van der Waals surface area contributed by atoms with Gasteiger partial charge in [-0.25, -0.2) is 0 Å². The summed E-state index contributed by atoms with van der Waals surface area (Å²) in [6.07, 6.45) is 8.21. The van der Waals surface area contributed by atoms with Crippen LogP contribution in [0.3, 0.4) is 0 Å². The van der Waals surface area contributed by atoms with E-state index in [1.165, 1.54) is 5.56 Å². The lowest BCUT2D eigenvalue weighted by molar-refractivity contribution is -0.568. The van der Waals surface area contributed by atoms with Gasteiger partial charge in [-0.1, -0.05) is 31.2 Å². The fraction of sp³-hybridized carbons (Fsp3) is 0.222. The van der Waals surface area contributed by atoms with Crippen molar-refractivity contribution < 1.29 is 9.36 Å². The van der Waals surface area contributed by atoms with E-state index in [0.717, 1.165) is 12.1 Å². The molecule has 21 heavy (non-hydrogen) atoms. The highest BCUT2D eigenvalue weighted by molar-refractivity contribution is 6.05. The lowest BCUT2D eigenvalue weighted by Crippen LogP contribution is -2.25. The van der Waals surface area contributed by atoms with Crippen LogP contribution in [0, 0.1) is 0 Å². The van der Waals surface area contributed by atoms with Crippen LogP contribution in [-0.2, 0) is 6.42 Å². The molecule has 1 aromatic heterocycles. The number of hydrogen-bond acceptors (Lipinski definition) is 2. The van der Waals surface area contributed by atoms with Gasteiger partial charge in [-0.2, -0.15) is 4.57 Å². The Labute approximate surface area is 126 Å². The number of aryl methyl sites for hydroxylation is 1. The van der Waals surface area contributed by atoms with Crippen LogP contribution in [0.4, 0.5) is 5.69 Å². The first kappa shape index (κ1) is 15.0. The first-order valence-electron chi connectivity index (χ1n) is 7.09. The third-order valence-electron chi connectivity index (χ3n) is 3.40. The molecule has 0 aliphatic rings. The molecule has 0 unspecified atom stereocenters. The molecule has 108 valence electrons. The van der Waals surface area contributed by atoms with E-state index in [2.05, 4.69) is 6.92 Å². The quantitative estimate of drug-likeness (QED) is 0.478. The predicted octanol–water partition coefficient (Wildman–Crippen LogP) is 2.96. The van der Waals surface area contributed by atoms with Crippen LogP contribution in [0.25, 0.3) is 6.20 Å². The number of rotatable bonds is 5. The lowest BCUT2D eigenvalue weighted by Gasteiger charge is -2.09. The molecule has 2 rings (SSSR count). The maximum Gasteiger partial charge on any atom is 0.191 e. The molecule has 0 aliphatic carbocycles. The highest BCUT2D eigenvalue weighted by atomic mass is 16.1. The summed E-state index contributed by atoms with van der Waals surface area (Å²) in [7, 11) is 4.00. The van der Waals surface area contributed by atoms with Crippen LogP contribution >= 0.6 is 0 Å². The number of anilines is 1. The Morgan fingerprint density at radius 2 is 1.71 bits per heavy atom. The Balaban J connectivity index is 2.07. The summed E-state index contributed by atoms with van der Waals surface area (Å²) in [6.45, 7) is 2.10. The fourth-order valence-corrected chi connectivity index (χ4v) is 1.98. The number of carbonyl (C=O) groups is 1. The molecule has 0 amide bonds. The molecule has 0 atom stereocenters. The van der Waals surface area contributed by atoms with Gasteiger partial charge in [0.15, 0.2) is 24.4 Å². The van der Waals surface area contributed by atoms with Gasteiger partial charge in [0.25, 0.3) is 0 Å². The van der Waals surface area contributed by atoms with Crippen molar-refractivity contribution in [1.82, 2.24) is 0 Å². The lowest BCUT2D eigenvalue weighted by atomic mass is 10.1. The number of nitrogens with zero attached hydrogens (tertiary/aromatic N) is 2. The molecule has 0 fully saturated rings. The van der Waals surface area contributed by atoms with E-state index in [-0.39, 0.29) is 5.78 Å². The van der Waals surface area contributed by atoms with Crippen LogP contribution in [0.5, 0.6) is 0 Å². The van der Waals surface area contributed by atoms with Crippen LogP contribution < -0.4 is 9.47 Å². The van der Waals surface area contributed by atoms with Crippen molar-refractivity contribution in [2.75, 3.05) is 19.0 Å². The first-order valence-corrected chi connectivity index (χ1v) is 7.09. The fourth-order valence-electron chi connectivity index (χ4n) is 1.98. The van der Waals surface area contributed by atoms with Crippen molar-refractivity contribution in [2.24, 2.45) is 0 Å². The van der Waals surface area contributed by atoms with E-state index >= 15 is 0 Å². The standard InChI is InChI=1S/C18H21N2O/c1-4-15-5-7-16(8-6-15)18(21)11-14-20-12-9-17(10-13-20)19(2)3/h5-14H,4H2,1-3H3/q+1/b14-11+. The highest BCUT2D eigenvalue weighted by Gasteiger charge is 2.04. The Kier molecular flexibility index (Phi) is 4.88. The normalized spacial score (nSPS) is 10.8. The number of benzene rings is 1. The van der Waals surface area contributed by atoms with Gasteiger partial charge in [0.2, 0.25) is 0 Å². The number of allylic oxidation sites excluding steroid dienone is 1. The number of hydrogen-bond donors (Lipinski definition) is 0. The van der Waals surface area contributed by atoms with Gasteiger partial charge in [0, 0.05) is 37.5 Å². The Morgan fingerprint density at radius 1 is 1.10 bits per heavy atom. The maximum absolute atomic E-state index is 12.1. The van der Waals surface area contributed by atoms with Crippen LogP contribution in [0.15, 0.2) is 54.9 Å². The molecule has 0 radical (unpaired) electrons. The van der Waals surface area contributed by atoms with Gasteiger partial charge in [0.1, 0.15) is 0 Å². The van der Waals surface area contributed by atoms with Gasteiger partial charge in [-0.05, 0) is 12.0 Å². The first-order chi connectivity index (χ1) is 10.1. The van der Waals surface area contributed by atoms with E-state index < -0.39 is 0 Å². The van der Waals surface area contributed by atoms with Gasteiger partial charge >= 0.3 is 0 Å². The largest absolute Gasteiger partial charge is 0.377 e. The molecule has 0 aliphatic heterocycles. The second-order valence-electron chi connectivity index (χ2n) is 5.13. The van der Waals surface area contributed by atoms with Crippen molar-refractivity contribution in [3.63, 3.8) is 0 Å². The van der Waals surface area contributed by atoms with E-state index in [9.17, 15) is 4.79 Å². The summed E-state index contributed by atoms with van der Waals surface area (Å²) in [4.78, 5) is 14.1. The minimum atomic E-state index is 0.0156. The monoisotopic (exact) mass is 281 g/mol. The number of ketones is 1. The van der Waals surface area contributed by atoms with E-state index in [4.69, 9.17) is 0 Å². The van der Waals surface area contributed by atoms with Crippen molar-refractivity contribution in [3.05, 3.63) is 66.0 Å². The molecule has 1 heterocycles. The average molecular weight is 281 g/mol. The van der Waals surface area contributed by atoms with Crippen LogP contribution in [0.1, 0.15) is 22.8 Å². The van der Waals surface area contributed by atoms with Crippen molar-refractivity contribution in [2.45, 2.75) is 13.3 Å². The van der Waals surface area contributed by atoms with E-state index in [1.807, 2.05) is 72.4 Å². The van der Waals surface area contributed by atoms with Crippen molar-refractivity contribution in [1.29, 1.82) is 0 Å². The molecule has 0 N–H and O–H groups in total. The SMILES string of the molecule is CCc1ccc(C(=O)/C=C/[n+]2ccc(N(C)C)cc2)cc1. The maximum atomic E-state index is 12.1. The second-order valence-corrected chi connectivity index (χ2v) is 5.13. The van der Waals surface area contributed by atoms with Crippen LogP contribution in [0.2, 0.25) is 0 Å². The summed E-state index contributed by atoms with van der Waals surface area (Å²) in [5.74, 6) is 0.0156. The summed E-state index contributed by atoms with van der Waals surface area (Å²) in [5.41, 5.74) is 3.08. The zero-order chi connectivity index (χ0) is 15.2. The van der Waals surface area contributed by atoms with Gasteiger partial charge < -0.3 is 4.90 Å². The summed E-state index contributed by atoms with van der Waals surface area (Å²) >= 11 is 0. The molecule has 2 aromatic rings. The van der Waals surface area contributed by atoms with Crippen molar-refractivity contribution >= 4 is 17.7 Å². The van der Waals surface area contributed by atoms with E-state index in [0.29, 0.717) is 5.56 Å². The minimum absolute atomic E-state index is 0.0156. The third-order valence-corrected chi connectivity index (χ3v) is 3.40. The number of carbonyl (C=O) groups excluding carboxylic acids is 1. The zero-order valence-electron chi connectivity index (χ0n) is 12.8. The smallest absolute Gasteiger partial charge is 0.191 e. The van der Waals surface area contributed by atoms with Crippen molar-refractivity contribution in [3.8, 4) is 0 Å². The molecule has 0 bridgehead atoms. The zero-order valence-corrected chi connectivity index (χ0v) is 12.8. The summed E-state index contributed by atoms with van der Waals surface area (Å²) < 4.78 is 1.87. The summed E-state index contributed by atoms with van der Waals surface area (Å²) in [5, 5.41) is 0. The van der Waals surface area contributed by atoms with Gasteiger partial charge in [-0.3, -0.25) is 4.79 Å². The minimum Gasteiger partial charge on any atom is -0.377 e.